The molecular weight excluding hydrogens is 324 g/mol. The second kappa shape index (κ2) is 9.22. The fourth-order valence-electron chi connectivity index (χ4n) is 3.17. The van der Waals surface area contributed by atoms with Crippen LogP contribution in [0.25, 0.3) is 0 Å². The lowest BCUT2D eigenvalue weighted by atomic mass is 9.97. The van der Waals surface area contributed by atoms with Gasteiger partial charge in [0.25, 0.3) is 0 Å². The van der Waals surface area contributed by atoms with Crippen molar-refractivity contribution in [3.8, 4) is 5.75 Å². The summed E-state index contributed by atoms with van der Waals surface area (Å²) in [7, 11) is 0. The first-order valence-electron chi connectivity index (χ1n) is 9.51. The fourth-order valence-corrected chi connectivity index (χ4v) is 3.17. The molecule has 1 aromatic carbocycles. The van der Waals surface area contributed by atoms with Crippen LogP contribution in [-0.4, -0.2) is 23.1 Å². The minimum absolute atomic E-state index is 0.629. The highest BCUT2D eigenvalue weighted by atomic mass is 16.5. The van der Waals surface area contributed by atoms with Gasteiger partial charge in [0, 0.05) is 18.3 Å². The molecule has 0 amide bonds. The topological polar surface area (TPSA) is 59.1 Å². The van der Waals surface area contributed by atoms with Crippen molar-refractivity contribution in [2.75, 3.05) is 23.8 Å². The van der Waals surface area contributed by atoms with E-state index in [2.05, 4.69) is 26.7 Å². The van der Waals surface area contributed by atoms with Crippen LogP contribution < -0.4 is 15.4 Å². The van der Waals surface area contributed by atoms with Crippen LogP contribution in [0.5, 0.6) is 5.75 Å². The maximum atomic E-state index is 5.67. The summed E-state index contributed by atoms with van der Waals surface area (Å²) >= 11 is 0. The monoisotopic (exact) mass is 352 g/mol. The van der Waals surface area contributed by atoms with Gasteiger partial charge in [-0.3, -0.25) is 0 Å². The lowest BCUT2D eigenvalue weighted by molar-refractivity contribution is 0.342. The van der Waals surface area contributed by atoms with E-state index in [9.17, 15) is 0 Å². The van der Waals surface area contributed by atoms with Gasteiger partial charge in [0.2, 0.25) is 5.95 Å². The average molecular weight is 352 g/mol. The Labute approximate surface area is 155 Å². The van der Waals surface area contributed by atoms with E-state index in [1.54, 1.807) is 5.57 Å². The Kier molecular flexibility index (Phi) is 6.47. The van der Waals surface area contributed by atoms with Crippen molar-refractivity contribution in [3.63, 3.8) is 0 Å². The number of para-hydroxylation sites is 2. The maximum Gasteiger partial charge on any atom is 0.224 e. The smallest absolute Gasteiger partial charge is 0.224 e. The Morgan fingerprint density at radius 2 is 2.04 bits per heavy atom. The Morgan fingerprint density at radius 1 is 1.15 bits per heavy atom. The molecule has 0 saturated heterocycles. The summed E-state index contributed by atoms with van der Waals surface area (Å²) in [5.74, 6) is 2.26. The van der Waals surface area contributed by atoms with E-state index in [-0.39, 0.29) is 0 Å². The molecule has 0 unspecified atom stereocenters. The second-order valence-corrected chi connectivity index (χ2v) is 6.56. The zero-order valence-corrected chi connectivity index (χ0v) is 15.7. The summed E-state index contributed by atoms with van der Waals surface area (Å²) in [5, 5.41) is 6.72. The normalized spacial score (nSPS) is 13.8. The number of aryl methyl sites for hydroxylation is 1. The third-order valence-corrected chi connectivity index (χ3v) is 4.42. The van der Waals surface area contributed by atoms with E-state index in [0.717, 1.165) is 35.9 Å². The molecule has 1 heterocycles. The van der Waals surface area contributed by atoms with Crippen LogP contribution in [0.2, 0.25) is 0 Å². The lowest BCUT2D eigenvalue weighted by Crippen LogP contribution is -2.09. The van der Waals surface area contributed by atoms with Crippen LogP contribution in [0, 0.1) is 6.92 Å². The number of hydrogen-bond acceptors (Lipinski definition) is 5. The van der Waals surface area contributed by atoms with Crippen molar-refractivity contribution >= 4 is 17.5 Å². The molecule has 138 valence electrons. The maximum absolute atomic E-state index is 5.67. The van der Waals surface area contributed by atoms with Gasteiger partial charge in [-0.05, 0) is 58.1 Å². The zero-order chi connectivity index (χ0) is 18.2. The molecule has 5 nitrogen and oxygen atoms in total. The van der Waals surface area contributed by atoms with Gasteiger partial charge in [0.05, 0.1) is 12.3 Å². The van der Waals surface area contributed by atoms with Crippen LogP contribution in [0.15, 0.2) is 42.0 Å². The predicted molar refractivity (Wildman–Crippen MR) is 107 cm³/mol. The Morgan fingerprint density at radius 3 is 2.85 bits per heavy atom. The van der Waals surface area contributed by atoms with E-state index >= 15 is 0 Å². The predicted octanol–water partition coefficient (Wildman–Crippen LogP) is 5.23. The SMILES string of the molecule is CCOc1ccccc1Nc1cc(C)nc(NCCC2=CCCCC2)n1. The van der Waals surface area contributed by atoms with E-state index in [0.29, 0.717) is 12.6 Å². The van der Waals surface area contributed by atoms with Crippen molar-refractivity contribution in [2.45, 2.75) is 46.0 Å². The largest absolute Gasteiger partial charge is 0.492 e. The Balaban J connectivity index is 1.65. The van der Waals surface area contributed by atoms with Crippen molar-refractivity contribution in [3.05, 3.63) is 47.7 Å². The second-order valence-electron chi connectivity index (χ2n) is 6.56. The van der Waals surface area contributed by atoms with Crippen LogP contribution in [0.1, 0.15) is 44.7 Å². The van der Waals surface area contributed by atoms with Crippen molar-refractivity contribution in [2.24, 2.45) is 0 Å². The van der Waals surface area contributed by atoms with E-state index in [4.69, 9.17) is 4.74 Å². The first-order chi connectivity index (χ1) is 12.7. The quantitative estimate of drug-likeness (QED) is 0.637. The number of nitrogens with one attached hydrogen (secondary N) is 2. The molecule has 0 saturated carbocycles. The summed E-state index contributed by atoms with van der Waals surface area (Å²) in [6.07, 6.45) is 8.56. The number of hydrogen-bond donors (Lipinski definition) is 2. The Bertz CT molecular complexity index is 757. The van der Waals surface area contributed by atoms with Crippen LogP contribution >= 0.6 is 0 Å². The zero-order valence-electron chi connectivity index (χ0n) is 15.7. The van der Waals surface area contributed by atoms with Gasteiger partial charge in [-0.2, -0.15) is 4.98 Å². The first kappa shape index (κ1) is 18.2. The van der Waals surface area contributed by atoms with Crippen molar-refractivity contribution < 1.29 is 4.74 Å². The van der Waals surface area contributed by atoms with Gasteiger partial charge in [-0.25, -0.2) is 4.98 Å². The molecule has 0 atom stereocenters. The van der Waals surface area contributed by atoms with E-state index < -0.39 is 0 Å². The molecule has 0 fully saturated rings. The van der Waals surface area contributed by atoms with Crippen LogP contribution in [-0.2, 0) is 0 Å². The molecule has 0 spiro atoms. The molecule has 1 aliphatic carbocycles. The van der Waals surface area contributed by atoms with E-state index in [1.165, 1.54) is 25.7 Å². The van der Waals surface area contributed by atoms with Gasteiger partial charge in [0.15, 0.2) is 0 Å². The number of anilines is 3. The molecule has 2 aromatic rings. The molecule has 0 aliphatic heterocycles. The van der Waals surface area contributed by atoms with Crippen LogP contribution in [0.4, 0.5) is 17.5 Å². The van der Waals surface area contributed by atoms with Gasteiger partial charge >= 0.3 is 0 Å². The number of rotatable bonds is 8. The minimum atomic E-state index is 0.629. The molecule has 1 aliphatic rings. The third-order valence-electron chi connectivity index (χ3n) is 4.42. The van der Waals surface area contributed by atoms with Gasteiger partial charge in [0.1, 0.15) is 11.6 Å². The fraction of sp³-hybridized carbons (Fsp3) is 0.429. The third kappa shape index (κ3) is 5.22. The molecule has 0 bridgehead atoms. The summed E-state index contributed by atoms with van der Waals surface area (Å²) < 4.78 is 5.67. The molecule has 1 aromatic heterocycles. The number of allylic oxidation sites excluding steroid dienone is 1. The molecule has 2 N–H and O–H groups in total. The van der Waals surface area contributed by atoms with Gasteiger partial charge < -0.3 is 15.4 Å². The highest BCUT2D eigenvalue weighted by Crippen LogP contribution is 2.27. The minimum Gasteiger partial charge on any atom is -0.492 e. The van der Waals surface area contributed by atoms with E-state index in [1.807, 2.05) is 44.2 Å². The summed E-state index contributed by atoms with van der Waals surface area (Å²) in [5.41, 5.74) is 3.39. The van der Waals surface area contributed by atoms with Crippen molar-refractivity contribution in [1.29, 1.82) is 0 Å². The highest BCUT2D eigenvalue weighted by molar-refractivity contribution is 5.64. The number of ether oxygens (including phenoxy) is 1. The Hall–Kier alpha value is -2.56. The highest BCUT2D eigenvalue weighted by Gasteiger charge is 2.07. The van der Waals surface area contributed by atoms with Gasteiger partial charge in [-0.1, -0.05) is 23.8 Å². The molecule has 5 heteroatoms. The molecule has 26 heavy (non-hydrogen) atoms. The number of nitrogens with zero attached hydrogens (tertiary/aromatic N) is 2. The summed E-state index contributed by atoms with van der Waals surface area (Å²) in [4.78, 5) is 9.11. The average Bonchev–Trinajstić information content (AvgIpc) is 2.64. The molecular formula is C21H28N4O. The first-order valence-corrected chi connectivity index (χ1v) is 9.51. The molecule has 0 radical (unpaired) electrons. The lowest BCUT2D eigenvalue weighted by Gasteiger charge is -2.14. The van der Waals surface area contributed by atoms with Gasteiger partial charge in [-0.15, -0.1) is 0 Å². The standard InChI is InChI=1S/C21H28N4O/c1-3-26-19-12-8-7-11-18(19)24-20-15-16(2)23-21(25-20)22-14-13-17-9-5-4-6-10-17/h7-9,11-12,15H,3-6,10,13-14H2,1-2H3,(H2,22,23,24,25). The number of aromatic nitrogens is 2. The summed E-state index contributed by atoms with van der Waals surface area (Å²) in [6.45, 7) is 5.46. The number of benzene rings is 1. The summed E-state index contributed by atoms with van der Waals surface area (Å²) in [6, 6.07) is 9.84. The molecule has 3 rings (SSSR count). The van der Waals surface area contributed by atoms with Crippen molar-refractivity contribution in [1.82, 2.24) is 9.97 Å². The van der Waals surface area contributed by atoms with Crippen LogP contribution in [0.3, 0.4) is 0 Å².